The molecule has 1 N–H and O–H groups in total. The highest BCUT2D eigenvalue weighted by Gasteiger charge is 2.30. The average Bonchev–Trinajstić information content (AvgIpc) is 2.73. The zero-order valence-electron chi connectivity index (χ0n) is 16.3. The summed E-state index contributed by atoms with van der Waals surface area (Å²) in [6.07, 6.45) is 0. The monoisotopic (exact) mass is 401 g/mol. The van der Waals surface area contributed by atoms with E-state index in [0.717, 1.165) is 11.1 Å². The Kier molecular flexibility index (Phi) is 6.49. The third-order valence-electron chi connectivity index (χ3n) is 5.11. The maximum atomic E-state index is 12.8. The number of nitrogens with one attached hydrogen (secondary N) is 1. The molecule has 0 spiro atoms. The van der Waals surface area contributed by atoms with E-state index >= 15 is 0 Å². The molecule has 0 bridgehead atoms. The Morgan fingerprint density at radius 3 is 2.21 bits per heavy atom. The second-order valence-electron chi connectivity index (χ2n) is 7.11. The van der Waals surface area contributed by atoms with E-state index in [1.54, 1.807) is 29.2 Å². The number of aryl methyl sites for hydroxylation is 1. The number of sulfonamides is 1. The second kappa shape index (κ2) is 8.86. The molecule has 0 radical (unpaired) electrons. The first-order valence-electron chi connectivity index (χ1n) is 9.51. The van der Waals surface area contributed by atoms with Crippen molar-refractivity contribution in [1.82, 2.24) is 14.5 Å². The third kappa shape index (κ3) is 4.79. The summed E-state index contributed by atoms with van der Waals surface area (Å²) in [6.45, 7) is 5.63. The molecule has 6 nitrogen and oxygen atoms in total. The molecule has 0 unspecified atom stereocenters. The molecular formula is C21H27N3O3S. The van der Waals surface area contributed by atoms with Gasteiger partial charge in [-0.25, -0.2) is 8.42 Å². The highest BCUT2D eigenvalue weighted by Crippen LogP contribution is 2.18. The number of carbonyl (C=O) groups excluding carboxylic acids is 1. The van der Waals surface area contributed by atoms with E-state index < -0.39 is 10.0 Å². The lowest BCUT2D eigenvalue weighted by Gasteiger charge is -2.34. The van der Waals surface area contributed by atoms with Crippen molar-refractivity contribution in [3.8, 4) is 0 Å². The summed E-state index contributed by atoms with van der Waals surface area (Å²) in [4.78, 5) is 14.5. The van der Waals surface area contributed by atoms with E-state index in [1.807, 2.05) is 44.2 Å². The van der Waals surface area contributed by atoms with Crippen molar-refractivity contribution < 1.29 is 13.2 Å². The quantitative estimate of drug-likeness (QED) is 0.806. The molecule has 1 saturated heterocycles. The fourth-order valence-corrected chi connectivity index (χ4v) is 4.67. The zero-order chi connectivity index (χ0) is 20.1. The van der Waals surface area contributed by atoms with Crippen molar-refractivity contribution >= 4 is 15.9 Å². The summed E-state index contributed by atoms with van der Waals surface area (Å²) in [7, 11) is -3.51. The lowest BCUT2D eigenvalue weighted by atomic mass is 10.1. The Bertz CT molecular complexity index is 890. The molecule has 1 aliphatic heterocycles. The molecule has 28 heavy (non-hydrogen) atoms. The largest absolute Gasteiger partial charge is 0.339 e. The van der Waals surface area contributed by atoms with Gasteiger partial charge in [0.05, 0.1) is 11.4 Å². The maximum absolute atomic E-state index is 12.8. The summed E-state index contributed by atoms with van der Waals surface area (Å²) in [5.74, 6) is -0.00448. The summed E-state index contributed by atoms with van der Waals surface area (Å²) < 4.78 is 27.0. The van der Waals surface area contributed by atoms with Gasteiger partial charge in [-0.3, -0.25) is 4.79 Å². The van der Waals surface area contributed by atoms with Crippen LogP contribution in [0.2, 0.25) is 0 Å². The maximum Gasteiger partial charge on any atom is 0.243 e. The Balaban J connectivity index is 1.52. The number of nitrogens with zero attached hydrogens (tertiary/aromatic N) is 2. The summed E-state index contributed by atoms with van der Waals surface area (Å²) in [5.41, 5.74) is 2.15. The van der Waals surface area contributed by atoms with E-state index in [-0.39, 0.29) is 18.5 Å². The smallest absolute Gasteiger partial charge is 0.243 e. The van der Waals surface area contributed by atoms with Crippen LogP contribution in [0.25, 0.3) is 0 Å². The van der Waals surface area contributed by atoms with Crippen LogP contribution < -0.4 is 5.32 Å². The molecule has 1 atom stereocenters. The van der Waals surface area contributed by atoms with Crippen molar-refractivity contribution in [2.24, 2.45) is 0 Å². The molecule has 1 heterocycles. The van der Waals surface area contributed by atoms with Crippen molar-refractivity contribution in [2.45, 2.75) is 24.8 Å². The van der Waals surface area contributed by atoms with E-state index in [4.69, 9.17) is 0 Å². The van der Waals surface area contributed by atoms with Gasteiger partial charge in [0.1, 0.15) is 0 Å². The Labute approximate surface area is 167 Å². The van der Waals surface area contributed by atoms with Crippen LogP contribution in [0.1, 0.15) is 24.1 Å². The van der Waals surface area contributed by atoms with Crippen LogP contribution in [-0.2, 0) is 14.8 Å². The zero-order valence-corrected chi connectivity index (χ0v) is 17.2. The fraction of sp³-hybridized carbons (Fsp3) is 0.381. The third-order valence-corrected chi connectivity index (χ3v) is 7.02. The Hall–Kier alpha value is -2.22. The van der Waals surface area contributed by atoms with Gasteiger partial charge >= 0.3 is 0 Å². The summed E-state index contributed by atoms with van der Waals surface area (Å²) in [6, 6.07) is 16.9. The molecule has 150 valence electrons. The molecule has 0 aliphatic carbocycles. The van der Waals surface area contributed by atoms with Crippen LogP contribution in [0.15, 0.2) is 59.5 Å². The van der Waals surface area contributed by atoms with E-state index in [0.29, 0.717) is 31.1 Å². The lowest BCUT2D eigenvalue weighted by molar-refractivity contribution is -0.131. The van der Waals surface area contributed by atoms with Gasteiger partial charge in [0.25, 0.3) is 0 Å². The topological polar surface area (TPSA) is 69.7 Å². The summed E-state index contributed by atoms with van der Waals surface area (Å²) in [5, 5.41) is 3.25. The van der Waals surface area contributed by atoms with Gasteiger partial charge in [-0.15, -0.1) is 0 Å². The molecule has 1 amide bonds. The number of rotatable bonds is 6. The molecule has 1 fully saturated rings. The molecule has 3 rings (SSSR count). The van der Waals surface area contributed by atoms with Gasteiger partial charge in [-0.1, -0.05) is 48.0 Å². The van der Waals surface area contributed by atoms with Crippen molar-refractivity contribution in [3.05, 3.63) is 65.7 Å². The first-order valence-corrected chi connectivity index (χ1v) is 10.9. The van der Waals surface area contributed by atoms with Crippen LogP contribution >= 0.6 is 0 Å². The molecule has 7 heteroatoms. The highest BCUT2D eigenvalue weighted by molar-refractivity contribution is 7.89. The number of carbonyl (C=O) groups is 1. The van der Waals surface area contributed by atoms with Crippen LogP contribution in [0.4, 0.5) is 0 Å². The number of hydrogen-bond donors (Lipinski definition) is 1. The first-order chi connectivity index (χ1) is 13.4. The molecule has 1 aliphatic rings. The number of benzene rings is 2. The standard InChI is InChI=1S/C21H27N3O3S/c1-17-8-10-20(11-9-17)28(26,27)24-14-12-23(13-15-24)21(25)16-22-18(2)19-6-4-3-5-7-19/h3-11,18,22H,12-16H2,1-2H3/t18-/m0/s1. The Morgan fingerprint density at radius 2 is 1.61 bits per heavy atom. The van der Waals surface area contributed by atoms with Crippen LogP contribution in [0, 0.1) is 6.92 Å². The predicted molar refractivity (Wildman–Crippen MR) is 109 cm³/mol. The van der Waals surface area contributed by atoms with E-state index in [2.05, 4.69) is 5.32 Å². The van der Waals surface area contributed by atoms with Gasteiger partial charge in [-0.05, 0) is 31.5 Å². The van der Waals surface area contributed by atoms with Crippen molar-refractivity contribution in [3.63, 3.8) is 0 Å². The second-order valence-corrected chi connectivity index (χ2v) is 9.05. The minimum absolute atomic E-state index is 0.00448. The van der Waals surface area contributed by atoms with E-state index in [9.17, 15) is 13.2 Å². The number of amides is 1. The molecule has 2 aromatic rings. The van der Waals surface area contributed by atoms with Crippen LogP contribution in [0.5, 0.6) is 0 Å². The van der Waals surface area contributed by atoms with Crippen LogP contribution in [0.3, 0.4) is 0 Å². The predicted octanol–water partition coefficient (Wildman–Crippen LogP) is 2.18. The minimum atomic E-state index is -3.51. The summed E-state index contributed by atoms with van der Waals surface area (Å²) >= 11 is 0. The lowest BCUT2D eigenvalue weighted by Crippen LogP contribution is -2.52. The van der Waals surface area contributed by atoms with E-state index in [1.165, 1.54) is 4.31 Å². The fourth-order valence-electron chi connectivity index (χ4n) is 3.25. The molecule has 0 saturated carbocycles. The molecule has 0 aromatic heterocycles. The van der Waals surface area contributed by atoms with Gasteiger partial charge in [0, 0.05) is 32.2 Å². The van der Waals surface area contributed by atoms with Crippen molar-refractivity contribution in [1.29, 1.82) is 0 Å². The Morgan fingerprint density at radius 1 is 1.00 bits per heavy atom. The highest BCUT2D eigenvalue weighted by atomic mass is 32.2. The van der Waals surface area contributed by atoms with Gasteiger partial charge in [0.2, 0.25) is 15.9 Å². The molecular weight excluding hydrogens is 374 g/mol. The van der Waals surface area contributed by atoms with Crippen LogP contribution in [-0.4, -0.2) is 56.3 Å². The van der Waals surface area contributed by atoms with Gasteiger partial charge < -0.3 is 10.2 Å². The minimum Gasteiger partial charge on any atom is -0.339 e. The first kappa shape index (κ1) is 20.5. The van der Waals surface area contributed by atoms with Gasteiger partial charge in [-0.2, -0.15) is 4.31 Å². The number of hydrogen-bond acceptors (Lipinski definition) is 4. The average molecular weight is 402 g/mol. The molecule has 2 aromatic carbocycles. The number of piperazine rings is 1. The van der Waals surface area contributed by atoms with Crippen molar-refractivity contribution in [2.75, 3.05) is 32.7 Å². The SMILES string of the molecule is Cc1ccc(S(=O)(=O)N2CCN(C(=O)CN[C@@H](C)c3ccccc3)CC2)cc1. The normalized spacial score (nSPS) is 16.7. The van der Waals surface area contributed by atoms with Gasteiger partial charge in [0.15, 0.2) is 0 Å².